The van der Waals surface area contributed by atoms with E-state index in [-0.39, 0.29) is 24.1 Å². The topological polar surface area (TPSA) is 38.3 Å². The third-order valence-electron chi connectivity index (χ3n) is 3.27. The average Bonchev–Trinajstić information content (AvgIpc) is 2.45. The SMILES string of the molecule is O=C(COC1CCNCC1)c1ccc(C(F)(F)F)cc1. The van der Waals surface area contributed by atoms with Crippen molar-refractivity contribution in [2.24, 2.45) is 0 Å². The average molecular weight is 287 g/mol. The normalized spacial score (nSPS) is 17.1. The number of ketones is 1. The molecule has 1 heterocycles. The fourth-order valence-electron chi connectivity index (χ4n) is 2.08. The first-order valence-corrected chi connectivity index (χ1v) is 6.49. The number of hydrogen-bond donors (Lipinski definition) is 1. The summed E-state index contributed by atoms with van der Waals surface area (Å²) in [4.78, 5) is 11.8. The zero-order chi connectivity index (χ0) is 14.6. The van der Waals surface area contributed by atoms with Gasteiger partial charge in [0.15, 0.2) is 5.78 Å². The molecule has 1 aromatic rings. The van der Waals surface area contributed by atoms with Gasteiger partial charge in [0.1, 0.15) is 6.61 Å². The Labute approximate surface area is 115 Å². The van der Waals surface area contributed by atoms with E-state index in [0.29, 0.717) is 0 Å². The van der Waals surface area contributed by atoms with E-state index in [2.05, 4.69) is 5.32 Å². The predicted octanol–water partition coefficient (Wildman–Crippen LogP) is 2.66. The van der Waals surface area contributed by atoms with Crippen LogP contribution in [0.5, 0.6) is 0 Å². The first-order chi connectivity index (χ1) is 9.47. The van der Waals surface area contributed by atoms with Crippen LogP contribution in [0.1, 0.15) is 28.8 Å². The Bertz CT molecular complexity index is 450. The van der Waals surface area contributed by atoms with Crippen molar-refractivity contribution in [3.05, 3.63) is 35.4 Å². The smallest absolute Gasteiger partial charge is 0.370 e. The molecule has 3 nitrogen and oxygen atoms in total. The molecule has 1 aromatic carbocycles. The number of piperidine rings is 1. The maximum atomic E-state index is 12.4. The molecule has 2 rings (SSSR count). The highest BCUT2D eigenvalue weighted by molar-refractivity contribution is 5.97. The number of hydrogen-bond acceptors (Lipinski definition) is 3. The number of benzene rings is 1. The van der Waals surface area contributed by atoms with Crippen LogP contribution in [0, 0.1) is 0 Å². The maximum Gasteiger partial charge on any atom is 0.416 e. The van der Waals surface area contributed by atoms with Gasteiger partial charge in [-0.25, -0.2) is 0 Å². The summed E-state index contributed by atoms with van der Waals surface area (Å²) in [5.74, 6) is -0.294. The Balaban J connectivity index is 1.89. The molecule has 0 bridgehead atoms. The predicted molar refractivity (Wildman–Crippen MR) is 67.6 cm³/mol. The zero-order valence-electron chi connectivity index (χ0n) is 10.9. The Morgan fingerprint density at radius 3 is 2.35 bits per heavy atom. The Morgan fingerprint density at radius 1 is 1.20 bits per heavy atom. The molecule has 0 radical (unpaired) electrons. The van der Waals surface area contributed by atoms with Crippen LogP contribution in [0.15, 0.2) is 24.3 Å². The van der Waals surface area contributed by atoms with E-state index in [0.717, 1.165) is 38.1 Å². The molecule has 0 atom stereocenters. The largest absolute Gasteiger partial charge is 0.416 e. The second-order valence-electron chi connectivity index (χ2n) is 4.76. The molecule has 0 saturated carbocycles. The number of carbonyl (C=O) groups excluding carboxylic acids is 1. The summed E-state index contributed by atoms with van der Waals surface area (Å²) in [5.41, 5.74) is -0.514. The second-order valence-corrected chi connectivity index (χ2v) is 4.76. The first kappa shape index (κ1) is 15.0. The van der Waals surface area contributed by atoms with Crippen molar-refractivity contribution >= 4 is 5.78 Å². The van der Waals surface area contributed by atoms with Gasteiger partial charge in [-0.05, 0) is 38.1 Å². The number of alkyl halides is 3. The van der Waals surface area contributed by atoms with Crippen LogP contribution in [0.3, 0.4) is 0 Å². The summed E-state index contributed by atoms with van der Waals surface area (Å²) in [5, 5.41) is 3.18. The van der Waals surface area contributed by atoms with E-state index in [1.807, 2.05) is 0 Å². The third kappa shape index (κ3) is 4.05. The Kier molecular flexibility index (Phi) is 4.77. The van der Waals surface area contributed by atoms with Crippen LogP contribution in [-0.2, 0) is 10.9 Å². The molecule has 1 aliphatic rings. The van der Waals surface area contributed by atoms with E-state index in [1.54, 1.807) is 0 Å². The fourth-order valence-corrected chi connectivity index (χ4v) is 2.08. The minimum absolute atomic E-state index is 0.0506. The lowest BCUT2D eigenvalue weighted by Crippen LogP contribution is -2.33. The summed E-state index contributed by atoms with van der Waals surface area (Å²) in [6.45, 7) is 1.63. The second kappa shape index (κ2) is 6.37. The molecule has 1 aliphatic heterocycles. The summed E-state index contributed by atoms with van der Waals surface area (Å²) < 4.78 is 42.7. The van der Waals surface area contributed by atoms with E-state index in [4.69, 9.17) is 4.74 Å². The summed E-state index contributed by atoms with van der Waals surface area (Å²) in [6.07, 6.45) is -2.64. The molecular weight excluding hydrogens is 271 g/mol. The molecule has 1 N–H and O–H groups in total. The number of halogens is 3. The van der Waals surface area contributed by atoms with Crippen molar-refractivity contribution in [3.63, 3.8) is 0 Å². The van der Waals surface area contributed by atoms with Crippen molar-refractivity contribution in [1.82, 2.24) is 5.32 Å². The lowest BCUT2D eigenvalue weighted by atomic mass is 10.1. The number of Topliss-reactive ketones (excluding diaryl/α,β-unsaturated/α-hetero) is 1. The van der Waals surface area contributed by atoms with Crippen LogP contribution in [0.2, 0.25) is 0 Å². The van der Waals surface area contributed by atoms with Gasteiger partial charge in [0.25, 0.3) is 0 Å². The highest BCUT2D eigenvalue weighted by Crippen LogP contribution is 2.29. The summed E-state index contributed by atoms with van der Waals surface area (Å²) >= 11 is 0. The Morgan fingerprint density at radius 2 is 1.80 bits per heavy atom. The van der Waals surface area contributed by atoms with E-state index in [9.17, 15) is 18.0 Å². The zero-order valence-corrected chi connectivity index (χ0v) is 10.9. The standard InChI is InChI=1S/C14H16F3NO2/c15-14(16,17)11-3-1-10(2-4-11)13(19)9-20-12-5-7-18-8-6-12/h1-4,12,18H,5-9H2. The van der Waals surface area contributed by atoms with Crippen LogP contribution in [0.25, 0.3) is 0 Å². The molecule has 0 aromatic heterocycles. The molecule has 6 heteroatoms. The van der Waals surface area contributed by atoms with Gasteiger partial charge >= 0.3 is 6.18 Å². The number of ether oxygens (including phenoxy) is 1. The minimum Gasteiger partial charge on any atom is -0.370 e. The molecule has 1 fully saturated rings. The van der Waals surface area contributed by atoms with E-state index in [1.165, 1.54) is 12.1 Å². The monoisotopic (exact) mass is 287 g/mol. The van der Waals surface area contributed by atoms with Gasteiger partial charge < -0.3 is 10.1 Å². The van der Waals surface area contributed by atoms with Gasteiger partial charge in [0.2, 0.25) is 0 Å². The number of rotatable bonds is 4. The van der Waals surface area contributed by atoms with Crippen LogP contribution in [0.4, 0.5) is 13.2 Å². The summed E-state index contributed by atoms with van der Waals surface area (Å²) in [7, 11) is 0. The van der Waals surface area contributed by atoms with Crippen LogP contribution >= 0.6 is 0 Å². The van der Waals surface area contributed by atoms with Crippen molar-refractivity contribution in [3.8, 4) is 0 Å². The number of nitrogens with one attached hydrogen (secondary N) is 1. The molecule has 110 valence electrons. The Hall–Kier alpha value is -1.40. The first-order valence-electron chi connectivity index (χ1n) is 6.49. The highest BCUT2D eigenvalue weighted by atomic mass is 19.4. The quantitative estimate of drug-likeness (QED) is 0.865. The van der Waals surface area contributed by atoms with Gasteiger partial charge in [0, 0.05) is 5.56 Å². The van der Waals surface area contributed by atoms with Gasteiger partial charge in [-0.15, -0.1) is 0 Å². The van der Waals surface area contributed by atoms with Gasteiger partial charge in [-0.1, -0.05) is 12.1 Å². The molecule has 20 heavy (non-hydrogen) atoms. The van der Waals surface area contributed by atoms with E-state index < -0.39 is 11.7 Å². The van der Waals surface area contributed by atoms with Gasteiger partial charge in [-0.3, -0.25) is 4.79 Å². The highest BCUT2D eigenvalue weighted by Gasteiger charge is 2.30. The maximum absolute atomic E-state index is 12.4. The molecule has 0 aliphatic carbocycles. The van der Waals surface area contributed by atoms with Gasteiger partial charge in [0.05, 0.1) is 11.7 Å². The van der Waals surface area contributed by atoms with Crippen molar-refractivity contribution < 1.29 is 22.7 Å². The van der Waals surface area contributed by atoms with Crippen molar-refractivity contribution in [2.45, 2.75) is 25.1 Å². The fraction of sp³-hybridized carbons (Fsp3) is 0.500. The molecular formula is C14H16F3NO2. The lowest BCUT2D eigenvalue weighted by Gasteiger charge is -2.22. The molecule has 1 saturated heterocycles. The minimum atomic E-state index is -4.38. The number of carbonyl (C=O) groups is 1. The van der Waals surface area contributed by atoms with Crippen molar-refractivity contribution in [1.29, 1.82) is 0 Å². The molecule has 0 unspecified atom stereocenters. The van der Waals surface area contributed by atoms with Crippen LogP contribution < -0.4 is 5.32 Å². The third-order valence-corrected chi connectivity index (χ3v) is 3.27. The van der Waals surface area contributed by atoms with Crippen LogP contribution in [-0.4, -0.2) is 31.6 Å². The van der Waals surface area contributed by atoms with Crippen molar-refractivity contribution in [2.75, 3.05) is 19.7 Å². The lowest BCUT2D eigenvalue weighted by molar-refractivity contribution is -0.137. The molecule has 0 spiro atoms. The van der Waals surface area contributed by atoms with E-state index >= 15 is 0 Å². The van der Waals surface area contributed by atoms with Gasteiger partial charge in [-0.2, -0.15) is 13.2 Å². The molecule has 0 amide bonds. The summed E-state index contributed by atoms with van der Waals surface area (Å²) in [6, 6.07) is 4.21.